The van der Waals surface area contributed by atoms with Crippen LogP contribution in [0.3, 0.4) is 0 Å². The number of nitrogens with zero attached hydrogens (tertiary/aromatic N) is 1. The summed E-state index contributed by atoms with van der Waals surface area (Å²) in [6.45, 7) is 3.01. The van der Waals surface area contributed by atoms with Crippen LogP contribution in [0, 0.1) is 5.92 Å². The average Bonchev–Trinajstić information content (AvgIpc) is 2.62. The van der Waals surface area contributed by atoms with Crippen molar-refractivity contribution in [1.29, 1.82) is 0 Å². The van der Waals surface area contributed by atoms with Crippen molar-refractivity contribution < 1.29 is 22.7 Å². The quantitative estimate of drug-likeness (QED) is 0.781. The van der Waals surface area contributed by atoms with Crippen LogP contribution in [0.2, 0.25) is 0 Å². The van der Waals surface area contributed by atoms with E-state index in [-0.39, 0.29) is 22.8 Å². The lowest BCUT2D eigenvalue weighted by atomic mass is 9.97. The van der Waals surface area contributed by atoms with E-state index in [2.05, 4.69) is 5.32 Å². The number of carbonyl (C=O) groups excluding carboxylic acids is 1. The third-order valence-corrected chi connectivity index (χ3v) is 6.24. The van der Waals surface area contributed by atoms with E-state index in [0.717, 1.165) is 0 Å². The lowest BCUT2D eigenvalue weighted by Gasteiger charge is -2.31. The number of carbonyl (C=O) groups is 1. The summed E-state index contributed by atoms with van der Waals surface area (Å²) in [4.78, 5) is 12.5. The Labute approximate surface area is 149 Å². The fourth-order valence-corrected chi connectivity index (χ4v) is 4.38. The van der Waals surface area contributed by atoms with Crippen molar-refractivity contribution >= 4 is 15.9 Å². The number of ether oxygens (including phenoxy) is 2. The van der Waals surface area contributed by atoms with E-state index in [0.29, 0.717) is 38.3 Å². The van der Waals surface area contributed by atoms with Crippen LogP contribution in [0.25, 0.3) is 0 Å². The van der Waals surface area contributed by atoms with Crippen LogP contribution in [0.4, 0.5) is 0 Å². The second-order valence-electron chi connectivity index (χ2n) is 6.22. The summed E-state index contributed by atoms with van der Waals surface area (Å²) in [6.07, 6.45) is 1.03. The number of piperidine rings is 1. The van der Waals surface area contributed by atoms with Gasteiger partial charge in [-0.3, -0.25) is 4.79 Å². The Morgan fingerprint density at radius 1 is 1.24 bits per heavy atom. The highest BCUT2D eigenvalue weighted by molar-refractivity contribution is 7.89. The SMILES string of the molecule is COC[C@@H](C)NC(=O)C1CCN(S(=O)(=O)c2ccc(OC)cc2)CC1. The van der Waals surface area contributed by atoms with Crippen molar-refractivity contribution in [2.75, 3.05) is 33.9 Å². The summed E-state index contributed by atoms with van der Waals surface area (Å²) < 4.78 is 36.9. The highest BCUT2D eigenvalue weighted by atomic mass is 32.2. The number of rotatable bonds is 7. The van der Waals surface area contributed by atoms with E-state index in [4.69, 9.17) is 9.47 Å². The minimum atomic E-state index is -3.54. The molecule has 25 heavy (non-hydrogen) atoms. The molecule has 1 fully saturated rings. The fraction of sp³-hybridized carbons (Fsp3) is 0.588. The van der Waals surface area contributed by atoms with E-state index in [1.165, 1.54) is 11.4 Å². The van der Waals surface area contributed by atoms with E-state index in [1.54, 1.807) is 31.4 Å². The van der Waals surface area contributed by atoms with Gasteiger partial charge in [0.1, 0.15) is 5.75 Å². The molecule has 1 aliphatic heterocycles. The molecule has 0 aromatic heterocycles. The van der Waals surface area contributed by atoms with Crippen LogP contribution in [-0.4, -0.2) is 58.6 Å². The molecule has 1 heterocycles. The predicted octanol–water partition coefficient (Wildman–Crippen LogP) is 1.25. The zero-order valence-electron chi connectivity index (χ0n) is 14.9. The van der Waals surface area contributed by atoms with Crippen molar-refractivity contribution in [3.8, 4) is 5.75 Å². The Kier molecular flexibility index (Phi) is 6.80. The molecule has 7 nitrogen and oxygen atoms in total. The van der Waals surface area contributed by atoms with Gasteiger partial charge in [-0.05, 0) is 44.0 Å². The Bertz CT molecular complexity index is 667. The number of amides is 1. The second kappa shape index (κ2) is 8.64. The van der Waals surface area contributed by atoms with Crippen LogP contribution in [-0.2, 0) is 19.6 Å². The van der Waals surface area contributed by atoms with Crippen molar-refractivity contribution in [3.05, 3.63) is 24.3 Å². The number of nitrogens with one attached hydrogen (secondary N) is 1. The Morgan fingerprint density at radius 2 is 1.84 bits per heavy atom. The summed E-state index contributed by atoms with van der Waals surface area (Å²) in [7, 11) is -0.419. The maximum absolute atomic E-state index is 12.7. The van der Waals surface area contributed by atoms with Gasteiger partial charge in [0.25, 0.3) is 0 Å². The molecule has 140 valence electrons. The van der Waals surface area contributed by atoms with Gasteiger partial charge in [0.15, 0.2) is 0 Å². The van der Waals surface area contributed by atoms with E-state index in [9.17, 15) is 13.2 Å². The van der Waals surface area contributed by atoms with Crippen LogP contribution in [0.5, 0.6) is 5.75 Å². The normalized spacial score (nSPS) is 17.9. The number of methoxy groups -OCH3 is 2. The van der Waals surface area contributed by atoms with Gasteiger partial charge in [0, 0.05) is 32.2 Å². The molecule has 1 aliphatic rings. The van der Waals surface area contributed by atoms with Crippen LogP contribution < -0.4 is 10.1 Å². The Morgan fingerprint density at radius 3 is 2.36 bits per heavy atom. The molecular formula is C17H26N2O5S. The molecule has 1 amide bonds. The van der Waals surface area contributed by atoms with Crippen molar-refractivity contribution in [2.45, 2.75) is 30.7 Å². The molecule has 1 aromatic carbocycles. The standard InChI is InChI=1S/C17H26N2O5S/c1-13(12-23-2)18-17(20)14-8-10-19(11-9-14)25(21,22)16-6-4-15(24-3)5-7-16/h4-7,13-14H,8-12H2,1-3H3,(H,18,20)/t13-/m1/s1. The maximum Gasteiger partial charge on any atom is 0.243 e. The summed E-state index contributed by atoms with van der Waals surface area (Å²) in [6, 6.07) is 6.28. The van der Waals surface area contributed by atoms with Crippen LogP contribution in [0.15, 0.2) is 29.2 Å². The molecule has 2 rings (SSSR count). The maximum atomic E-state index is 12.7. The molecule has 0 aliphatic carbocycles. The molecule has 0 spiro atoms. The molecule has 1 saturated heterocycles. The first-order valence-electron chi connectivity index (χ1n) is 8.32. The monoisotopic (exact) mass is 370 g/mol. The molecule has 0 radical (unpaired) electrons. The average molecular weight is 370 g/mol. The van der Waals surface area contributed by atoms with Crippen LogP contribution >= 0.6 is 0 Å². The predicted molar refractivity (Wildman–Crippen MR) is 94.0 cm³/mol. The fourth-order valence-electron chi connectivity index (χ4n) is 2.91. The summed E-state index contributed by atoms with van der Waals surface area (Å²) in [5.41, 5.74) is 0. The number of hydrogen-bond acceptors (Lipinski definition) is 5. The van der Waals surface area contributed by atoms with Crippen molar-refractivity contribution in [3.63, 3.8) is 0 Å². The van der Waals surface area contributed by atoms with Crippen LogP contribution in [0.1, 0.15) is 19.8 Å². The first kappa shape index (κ1) is 19.7. The number of benzene rings is 1. The molecule has 0 bridgehead atoms. The molecule has 1 aromatic rings. The van der Waals surface area contributed by atoms with Crippen molar-refractivity contribution in [2.24, 2.45) is 5.92 Å². The molecule has 0 unspecified atom stereocenters. The van der Waals surface area contributed by atoms with Gasteiger partial charge in [-0.2, -0.15) is 4.31 Å². The first-order valence-corrected chi connectivity index (χ1v) is 9.76. The largest absolute Gasteiger partial charge is 0.497 e. The van der Waals surface area contributed by atoms with Gasteiger partial charge in [0.2, 0.25) is 15.9 Å². The zero-order chi connectivity index (χ0) is 18.4. The minimum absolute atomic E-state index is 0.0361. The van der Waals surface area contributed by atoms with Crippen molar-refractivity contribution in [1.82, 2.24) is 9.62 Å². The molecule has 0 saturated carbocycles. The summed E-state index contributed by atoms with van der Waals surface area (Å²) >= 11 is 0. The molecule has 1 N–H and O–H groups in total. The lowest BCUT2D eigenvalue weighted by molar-refractivity contribution is -0.127. The van der Waals surface area contributed by atoms with E-state index < -0.39 is 10.0 Å². The van der Waals surface area contributed by atoms with Gasteiger partial charge in [-0.25, -0.2) is 8.42 Å². The summed E-state index contributed by atoms with van der Waals surface area (Å²) in [5.74, 6) is 0.409. The topological polar surface area (TPSA) is 84.9 Å². The number of sulfonamides is 1. The Balaban J connectivity index is 1.95. The van der Waals surface area contributed by atoms with E-state index in [1.807, 2.05) is 6.92 Å². The van der Waals surface area contributed by atoms with Gasteiger partial charge < -0.3 is 14.8 Å². The Hall–Kier alpha value is -1.64. The smallest absolute Gasteiger partial charge is 0.243 e. The van der Waals surface area contributed by atoms with Gasteiger partial charge in [-0.1, -0.05) is 0 Å². The minimum Gasteiger partial charge on any atom is -0.497 e. The summed E-state index contributed by atoms with van der Waals surface area (Å²) in [5, 5.41) is 2.90. The third-order valence-electron chi connectivity index (χ3n) is 4.33. The van der Waals surface area contributed by atoms with Gasteiger partial charge in [-0.15, -0.1) is 0 Å². The molecule has 8 heteroatoms. The number of hydrogen-bond donors (Lipinski definition) is 1. The van der Waals surface area contributed by atoms with Gasteiger partial charge in [0.05, 0.1) is 18.6 Å². The molecule has 1 atom stereocenters. The van der Waals surface area contributed by atoms with E-state index >= 15 is 0 Å². The highest BCUT2D eigenvalue weighted by Crippen LogP contribution is 2.25. The van der Waals surface area contributed by atoms with Gasteiger partial charge >= 0.3 is 0 Å². The second-order valence-corrected chi connectivity index (χ2v) is 8.16. The zero-order valence-corrected chi connectivity index (χ0v) is 15.7. The molecular weight excluding hydrogens is 344 g/mol. The third kappa shape index (κ3) is 4.93. The highest BCUT2D eigenvalue weighted by Gasteiger charge is 2.32. The lowest BCUT2D eigenvalue weighted by Crippen LogP contribution is -2.45. The first-order chi connectivity index (χ1) is 11.9.